The summed E-state index contributed by atoms with van der Waals surface area (Å²) >= 11 is 0. The Hall–Kier alpha value is -3.87. The fraction of sp³-hybridized carbons (Fsp3) is 0.0909. The Morgan fingerprint density at radius 3 is 2.17 bits per heavy atom. The maximum atomic E-state index is 13.5. The Morgan fingerprint density at radius 2 is 1.48 bits per heavy atom. The van der Waals surface area contributed by atoms with Crippen molar-refractivity contribution < 1.29 is 23.5 Å². The van der Waals surface area contributed by atoms with Crippen LogP contribution >= 0.6 is 0 Å². The third-order valence-electron chi connectivity index (χ3n) is 4.17. The summed E-state index contributed by atoms with van der Waals surface area (Å²) in [4.78, 5) is 24.9. The van der Waals surface area contributed by atoms with Crippen LogP contribution in [0.3, 0.4) is 0 Å². The molecule has 0 spiro atoms. The van der Waals surface area contributed by atoms with E-state index in [1.165, 1.54) is 26.4 Å². The Bertz CT molecular complexity index is 1040. The van der Waals surface area contributed by atoms with Crippen LogP contribution in [-0.2, 0) is 0 Å². The number of nitrogens with one attached hydrogen (secondary N) is 2. The third-order valence-corrected chi connectivity index (χ3v) is 4.17. The lowest BCUT2D eigenvalue weighted by atomic mass is 10.1. The number of halogens is 1. The zero-order chi connectivity index (χ0) is 20.8. The minimum absolute atomic E-state index is 0.0745. The van der Waals surface area contributed by atoms with Gasteiger partial charge in [-0.05, 0) is 54.6 Å². The number of benzene rings is 3. The second-order valence-corrected chi connectivity index (χ2v) is 6.03. The van der Waals surface area contributed by atoms with E-state index in [9.17, 15) is 14.0 Å². The maximum Gasteiger partial charge on any atom is 0.259 e. The van der Waals surface area contributed by atoms with Crippen LogP contribution in [0.2, 0.25) is 0 Å². The van der Waals surface area contributed by atoms with Crippen molar-refractivity contribution >= 4 is 23.2 Å². The summed E-state index contributed by atoms with van der Waals surface area (Å²) in [5.74, 6) is -0.573. The van der Waals surface area contributed by atoms with Gasteiger partial charge >= 0.3 is 0 Å². The summed E-state index contributed by atoms with van der Waals surface area (Å²) in [7, 11) is 2.93. The fourth-order valence-electron chi connectivity index (χ4n) is 2.70. The highest BCUT2D eigenvalue weighted by molar-refractivity contribution is 6.07. The molecule has 0 fully saturated rings. The van der Waals surface area contributed by atoms with Crippen LogP contribution in [0, 0.1) is 5.82 Å². The highest BCUT2D eigenvalue weighted by Crippen LogP contribution is 2.24. The minimum atomic E-state index is -0.542. The molecule has 2 amide bonds. The second-order valence-electron chi connectivity index (χ2n) is 6.03. The molecule has 7 heteroatoms. The van der Waals surface area contributed by atoms with Crippen LogP contribution in [0.5, 0.6) is 11.5 Å². The molecule has 0 heterocycles. The predicted octanol–water partition coefficient (Wildman–Crippen LogP) is 4.35. The van der Waals surface area contributed by atoms with Crippen LogP contribution in [0.25, 0.3) is 0 Å². The first-order valence-corrected chi connectivity index (χ1v) is 8.71. The van der Waals surface area contributed by atoms with Gasteiger partial charge in [-0.3, -0.25) is 9.59 Å². The van der Waals surface area contributed by atoms with Crippen LogP contribution in [0.15, 0.2) is 66.7 Å². The Kier molecular flexibility index (Phi) is 6.09. The van der Waals surface area contributed by atoms with Crippen molar-refractivity contribution in [3.05, 3.63) is 83.7 Å². The highest BCUT2D eigenvalue weighted by Gasteiger charge is 2.14. The number of hydrogen-bond donors (Lipinski definition) is 2. The van der Waals surface area contributed by atoms with Gasteiger partial charge in [-0.15, -0.1) is 0 Å². The molecule has 3 aromatic carbocycles. The van der Waals surface area contributed by atoms with Crippen molar-refractivity contribution in [2.45, 2.75) is 0 Å². The molecule has 2 N–H and O–H groups in total. The van der Waals surface area contributed by atoms with E-state index in [0.29, 0.717) is 22.7 Å². The molecule has 0 saturated carbocycles. The van der Waals surface area contributed by atoms with E-state index in [0.717, 1.165) is 6.07 Å². The number of amides is 2. The first kappa shape index (κ1) is 19.9. The van der Waals surface area contributed by atoms with Gasteiger partial charge in [-0.25, -0.2) is 4.39 Å². The highest BCUT2D eigenvalue weighted by atomic mass is 19.1. The van der Waals surface area contributed by atoms with Gasteiger partial charge in [0.05, 0.1) is 25.5 Å². The van der Waals surface area contributed by atoms with Gasteiger partial charge in [0.1, 0.15) is 17.3 Å². The van der Waals surface area contributed by atoms with Gasteiger partial charge in [-0.1, -0.05) is 12.1 Å². The van der Waals surface area contributed by atoms with Crippen molar-refractivity contribution in [1.29, 1.82) is 0 Å². The van der Waals surface area contributed by atoms with E-state index < -0.39 is 11.7 Å². The molecule has 0 aliphatic heterocycles. The zero-order valence-electron chi connectivity index (χ0n) is 15.9. The average Bonchev–Trinajstić information content (AvgIpc) is 2.74. The van der Waals surface area contributed by atoms with E-state index >= 15 is 0 Å². The topological polar surface area (TPSA) is 76.7 Å². The molecule has 3 rings (SSSR count). The van der Waals surface area contributed by atoms with Crippen molar-refractivity contribution in [3.63, 3.8) is 0 Å². The number of para-hydroxylation sites is 2. The van der Waals surface area contributed by atoms with Gasteiger partial charge in [0.2, 0.25) is 0 Å². The molecule has 6 nitrogen and oxygen atoms in total. The second kappa shape index (κ2) is 8.88. The maximum absolute atomic E-state index is 13.5. The summed E-state index contributed by atoms with van der Waals surface area (Å²) in [6.07, 6.45) is 0. The molecule has 0 unspecified atom stereocenters. The quantitative estimate of drug-likeness (QED) is 0.652. The standard InChI is InChI=1S/C22H19FN2O4/c1-28-19-12-9-15(23)13-17(19)22(27)24-16-10-7-14(8-11-16)21(26)25-18-5-3-4-6-20(18)29-2/h3-13H,1-2H3,(H,24,27)(H,25,26). The van der Waals surface area contributed by atoms with E-state index in [-0.39, 0.29) is 17.2 Å². The number of anilines is 2. The Balaban J connectivity index is 1.71. The number of carbonyl (C=O) groups is 2. The molecule has 148 valence electrons. The molecule has 0 aliphatic carbocycles. The van der Waals surface area contributed by atoms with E-state index in [4.69, 9.17) is 9.47 Å². The molecular weight excluding hydrogens is 375 g/mol. The predicted molar refractivity (Wildman–Crippen MR) is 108 cm³/mol. The van der Waals surface area contributed by atoms with Crippen molar-refractivity contribution in [2.24, 2.45) is 0 Å². The van der Waals surface area contributed by atoms with Gasteiger partial charge in [0.25, 0.3) is 11.8 Å². The number of ether oxygens (including phenoxy) is 2. The van der Waals surface area contributed by atoms with E-state index in [1.807, 2.05) is 0 Å². The van der Waals surface area contributed by atoms with Gasteiger partial charge in [0, 0.05) is 11.3 Å². The molecule has 3 aromatic rings. The molecule has 0 aliphatic rings. The number of hydrogen-bond acceptors (Lipinski definition) is 4. The molecule has 0 aromatic heterocycles. The number of methoxy groups -OCH3 is 2. The third kappa shape index (κ3) is 4.70. The van der Waals surface area contributed by atoms with Crippen LogP contribution in [-0.4, -0.2) is 26.0 Å². The molecular formula is C22H19FN2O4. The molecule has 0 atom stereocenters. The van der Waals surface area contributed by atoms with Crippen molar-refractivity contribution in [1.82, 2.24) is 0 Å². The summed E-state index contributed by atoms with van der Waals surface area (Å²) in [5, 5.41) is 5.43. The summed E-state index contributed by atoms with van der Waals surface area (Å²) < 4.78 is 23.8. The van der Waals surface area contributed by atoms with E-state index in [1.54, 1.807) is 48.5 Å². The summed E-state index contributed by atoms with van der Waals surface area (Å²) in [5.41, 5.74) is 1.48. The first-order valence-electron chi connectivity index (χ1n) is 8.71. The molecule has 0 saturated heterocycles. The van der Waals surface area contributed by atoms with Gasteiger partial charge < -0.3 is 20.1 Å². The lowest BCUT2D eigenvalue weighted by Gasteiger charge is -2.11. The molecule has 0 bridgehead atoms. The normalized spacial score (nSPS) is 10.2. The van der Waals surface area contributed by atoms with Gasteiger partial charge in [0.15, 0.2) is 0 Å². The summed E-state index contributed by atoms with van der Waals surface area (Å²) in [6, 6.07) is 17.1. The van der Waals surface area contributed by atoms with Crippen LogP contribution in [0.4, 0.5) is 15.8 Å². The summed E-state index contributed by atoms with van der Waals surface area (Å²) in [6.45, 7) is 0. The largest absolute Gasteiger partial charge is 0.496 e. The number of carbonyl (C=O) groups excluding carboxylic acids is 2. The molecule has 0 radical (unpaired) electrons. The Labute approximate surface area is 167 Å². The van der Waals surface area contributed by atoms with Gasteiger partial charge in [-0.2, -0.15) is 0 Å². The van der Waals surface area contributed by atoms with Crippen molar-refractivity contribution in [3.8, 4) is 11.5 Å². The zero-order valence-corrected chi connectivity index (χ0v) is 15.9. The lowest BCUT2D eigenvalue weighted by molar-refractivity contribution is 0.101. The fourth-order valence-corrected chi connectivity index (χ4v) is 2.70. The lowest BCUT2D eigenvalue weighted by Crippen LogP contribution is -2.15. The Morgan fingerprint density at radius 1 is 0.793 bits per heavy atom. The average molecular weight is 394 g/mol. The SMILES string of the molecule is COc1ccccc1NC(=O)c1ccc(NC(=O)c2cc(F)ccc2OC)cc1. The van der Waals surface area contributed by atoms with Crippen LogP contribution < -0.4 is 20.1 Å². The monoisotopic (exact) mass is 394 g/mol. The number of rotatable bonds is 6. The molecule has 29 heavy (non-hydrogen) atoms. The first-order chi connectivity index (χ1) is 14.0. The minimum Gasteiger partial charge on any atom is -0.496 e. The van der Waals surface area contributed by atoms with Crippen LogP contribution in [0.1, 0.15) is 20.7 Å². The smallest absolute Gasteiger partial charge is 0.259 e. The van der Waals surface area contributed by atoms with E-state index in [2.05, 4.69) is 10.6 Å². The van der Waals surface area contributed by atoms with Crippen molar-refractivity contribution in [2.75, 3.05) is 24.9 Å².